The van der Waals surface area contributed by atoms with E-state index in [1.165, 1.54) is 37.8 Å². The van der Waals surface area contributed by atoms with Gasteiger partial charge in [-0.25, -0.2) is 9.37 Å². The first-order valence-corrected chi connectivity index (χ1v) is 8.39. The molecule has 0 amide bonds. The van der Waals surface area contributed by atoms with Crippen LogP contribution in [0.2, 0.25) is 0 Å². The molecule has 3 rings (SSSR count). The zero-order chi connectivity index (χ0) is 16.8. The Bertz CT molecular complexity index is 713. The van der Waals surface area contributed by atoms with Crippen LogP contribution in [0.1, 0.15) is 36.8 Å². The Kier molecular flexibility index (Phi) is 5.27. The molecule has 124 valence electrons. The minimum absolute atomic E-state index is 0.309. The Morgan fingerprint density at radius 1 is 1.12 bits per heavy atom. The Morgan fingerprint density at radius 2 is 1.92 bits per heavy atom. The summed E-state index contributed by atoms with van der Waals surface area (Å²) in [5, 5.41) is 12.2. The number of hydrogen-bond donors (Lipinski definition) is 1. The molecule has 24 heavy (non-hydrogen) atoms. The number of hydrogen-bond acceptors (Lipinski definition) is 4. The molecular weight excluding hydrogens is 303 g/mol. The van der Waals surface area contributed by atoms with E-state index in [-0.39, 0.29) is 0 Å². The zero-order valence-electron chi connectivity index (χ0n) is 13.6. The van der Waals surface area contributed by atoms with E-state index in [1.54, 1.807) is 6.07 Å². The summed E-state index contributed by atoms with van der Waals surface area (Å²) in [7, 11) is 0. The summed E-state index contributed by atoms with van der Waals surface area (Å²) in [5.41, 5.74) is 1.97. The first-order chi connectivity index (χ1) is 11.8. The second kappa shape index (κ2) is 7.78. The first-order valence-electron chi connectivity index (χ1n) is 8.39. The third-order valence-electron chi connectivity index (χ3n) is 4.32. The number of nitriles is 1. The number of halogens is 1. The Morgan fingerprint density at radius 3 is 2.58 bits per heavy atom. The van der Waals surface area contributed by atoms with Crippen molar-refractivity contribution in [2.75, 3.05) is 23.3 Å². The van der Waals surface area contributed by atoms with Gasteiger partial charge in [-0.3, -0.25) is 0 Å². The highest BCUT2D eigenvalue weighted by molar-refractivity contribution is 5.57. The third kappa shape index (κ3) is 4.02. The molecule has 0 atom stereocenters. The maximum atomic E-state index is 13.2. The van der Waals surface area contributed by atoms with Crippen LogP contribution in [-0.4, -0.2) is 18.1 Å². The highest BCUT2D eigenvalue weighted by Gasteiger charge is 2.11. The van der Waals surface area contributed by atoms with Crippen molar-refractivity contribution in [3.05, 3.63) is 53.5 Å². The van der Waals surface area contributed by atoms with E-state index in [2.05, 4.69) is 27.3 Å². The molecule has 1 aromatic heterocycles. The molecule has 0 aliphatic carbocycles. The first kappa shape index (κ1) is 16.3. The maximum absolute atomic E-state index is 13.2. The van der Waals surface area contributed by atoms with Crippen molar-refractivity contribution in [3.8, 4) is 6.07 Å². The van der Waals surface area contributed by atoms with Crippen LogP contribution in [0, 0.1) is 17.1 Å². The van der Waals surface area contributed by atoms with Gasteiger partial charge in [0.1, 0.15) is 17.7 Å². The molecule has 0 unspecified atom stereocenters. The fraction of sp³-hybridized carbons (Fsp3) is 0.368. The molecule has 2 heterocycles. The van der Waals surface area contributed by atoms with Crippen molar-refractivity contribution < 1.29 is 4.39 Å². The smallest absolute Gasteiger partial charge is 0.128 e. The lowest BCUT2D eigenvalue weighted by atomic mass is 10.2. The van der Waals surface area contributed by atoms with Gasteiger partial charge in [0.15, 0.2) is 0 Å². The lowest BCUT2D eigenvalue weighted by molar-refractivity contribution is 0.627. The van der Waals surface area contributed by atoms with E-state index in [1.807, 2.05) is 12.3 Å². The van der Waals surface area contributed by atoms with Crippen LogP contribution in [0.4, 0.5) is 15.9 Å². The molecule has 1 fully saturated rings. The van der Waals surface area contributed by atoms with Crippen LogP contribution in [0.5, 0.6) is 0 Å². The fourth-order valence-corrected chi connectivity index (χ4v) is 2.97. The fourth-order valence-electron chi connectivity index (χ4n) is 2.97. The van der Waals surface area contributed by atoms with E-state index < -0.39 is 5.82 Å². The highest BCUT2D eigenvalue weighted by atomic mass is 19.1. The molecule has 1 aliphatic rings. The number of aromatic nitrogens is 1. The van der Waals surface area contributed by atoms with E-state index in [4.69, 9.17) is 5.26 Å². The van der Waals surface area contributed by atoms with Crippen LogP contribution >= 0.6 is 0 Å². The quantitative estimate of drug-likeness (QED) is 0.920. The van der Waals surface area contributed by atoms with Gasteiger partial charge >= 0.3 is 0 Å². The predicted octanol–water partition coefficient (Wildman–Crippen LogP) is 4.08. The van der Waals surface area contributed by atoms with Crippen molar-refractivity contribution >= 4 is 11.5 Å². The van der Waals surface area contributed by atoms with E-state index >= 15 is 0 Å². The maximum Gasteiger partial charge on any atom is 0.128 e. The van der Waals surface area contributed by atoms with Gasteiger partial charge in [0.2, 0.25) is 0 Å². The van der Waals surface area contributed by atoms with Gasteiger partial charge in [0.25, 0.3) is 0 Å². The Balaban J connectivity index is 1.63. The summed E-state index contributed by atoms with van der Waals surface area (Å²) >= 11 is 0. The summed E-state index contributed by atoms with van der Waals surface area (Å²) in [6.45, 7) is 2.70. The second-order valence-corrected chi connectivity index (χ2v) is 6.08. The predicted molar refractivity (Wildman–Crippen MR) is 93.4 cm³/mol. The van der Waals surface area contributed by atoms with E-state index in [0.29, 0.717) is 17.8 Å². The number of pyridine rings is 1. The summed E-state index contributed by atoms with van der Waals surface area (Å²) in [6, 6.07) is 10.3. The van der Waals surface area contributed by atoms with Crippen molar-refractivity contribution in [3.63, 3.8) is 0 Å². The normalized spacial score (nSPS) is 14.8. The number of nitrogens with zero attached hydrogens (tertiary/aromatic N) is 3. The standard InChI is InChI=1S/C19H21FN4/c20-17-6-7-18(16(11-17)12-21)22-13-15-5-8-19(23-14-15)24-9-3-1-2-4-10-24/h5-8,11,14,22H,1-4,9-10,13H2. The molecule has 0 bridgehead atoms. The van der Waals surface area contributed by atoms with E-state index in [9.17, 15) is 4.39 Å². The molecule has 0 radical (unpaired) electrons. The number of nitrogens with one attached hydrogen (secondary N) is 1. The van der Waals surface area contributed by atoms with Gasteiger partial charge in [-0.15, -0.1) is 0 Å². The van der Waals surface area contributed by atoms with Crippen molar-refractivity contribution in [1.82, 2.24) is 4.98 Å². The average molecular weight is 324 g/mol. The van der Waals surface area contributed by atoms with Crippen LogP contribution in [0.25, 0.3) is 0 Å². The number of rotatable bonds is 4. The summed E-state index contributed by atoms with van der Waals surface area (Å²) in [5.74, 6) is 0.626. The number of anilines is 2. The van der Waals surface area contributed by atoms with Gasteiger partial charge in [0.05, 0.1) is 11.3 Å². The number of benzene rings is 1. The van der Waals surface area contributed by atoms with E-state index in [0.717, 1.165) is 24.5 Å². The average Bonchev–Trinajstić information content (AvgIpc) is 2.90. The Labute approximate surface area is 141 Å². The monoisotopic (exact) mass is 324 g/mol. The van der Waals surface area contributed by atoms with Gasteiger partial charge in [-0.1, -0.05) is 18.9 Å². The van der Waals surface area contributed by atoms with Gasteiger partial charge in [-0.05, 0) is 42.7 Å². The van der Waals surface area contributed by atoms with Gasteiger partial charge < -0.3 is 10.2 Å². The van der Waals surface area contributed by atoms with Crippen LogP contribution in [-0.2, 0) is 6.54 Å². The van der Waals surface area contributed by atoms with Crippen LogP contribution < -0.4 is 10.2 Å². The zero-order valence-corrected chi connectivity index (χ0v) is 13.6. The minimum atomic E-state index is -0.402. The minimum Gasteiger partial charge on any atom is -0.380 e. The molecule has 4 nitrogen and oxygen atoms in total. The lowest BCUT2D eigenvalue weighted by Gasteiger charge is -2.21. The molecule has 5 heteroatoms. The lowest BCUT2D eigenvalue weighted by Crippen LogP contribution is -2.24. The summed E-state index contributed by atoms with van der Waals surface area (Å²) in [4.78, 5) is 6.92. The van der Waals surface area contributed by atoms with Crippen LogP contribution in [0.15, 0.2) is 36.5 Å². The Hall–Kier alpha value is -2.61. The van der Waals surface area contributed by atoms with Crippen LogP contribution in [0.3, 0.4) is 0 Å². The molecule has 1 N–H and O–H groups in total. The molecule has 0 spiro atoms. The molecule has 1 saturated heterocycles. The van der Waals surface area contributed by atoms with Crippen molar-refractivity contribution in [1.29, 1.82) is 5.26 Å². The highest BCUT2D eigenvalue weighted by Crippen LogP contribution is 2.19. The molecule has 2 aromatic rings. The van der Waals surface area contributed by atoms with Crippen molar-refractivity contribution in [2.24, 2.45) is 0 Å². The largest absolute Gasteiger partial charge is 0.380 e. The van der Waals surface area contributed by atoms with Gasteiger partial charge in [0, 0.05) is 25.8 Å². The molecular formula is C19H21FN4. The topological polar surface area (TPSA) is 52.0 Å². The summed E-state index contributed by atoms with van der Waals surface area (Å²) < 4.78 is 13.2. The third-order valence-corrected chi connectivity index (χ3v) is 4.32. The molecule has 1 aromatic carbocycles. The molecule has 0 saturated carbocycles. The van der Waals surface area contributed by atoms with Gasteiger partial charge in [-0.2, -0.15) is 5.26 Å². The second-order valence-electron chi connectivity index (χ2n) is 6.08. The van der Waals surface area contributed by atoms with Crippen molar-refractivity contribution in [2.45, 2.75) is 32.2 Å². The molecule has 1 aliphatic heterocycles. The SMILES string of the molecule is N#Cc1cc(F)ccc1NCc1ccc(N2CCCCCC2)nc1. The summed E-state index contributed by atoms with van der Waals surface area (Å²) in [6.07, 6.45) is 6.93.